The van der Waals surface area contributed by atoms with Crippen molar-refractivity contribution in [3.8, 4) is 11.5 Å². The Morgan fingerprint density at radius 3 is 2.88 bits per heavy atom. The van der Waals surface area contributed by atoms with E-state index < -0.39 is 11.7 Å². The lowest BCUT2D eigenvalue weighted by molar-refractivity contribution is -0.118. The first-order valence-electron chi connectivity index (χ1n) is 10.9. The van der Waals surface area contributed by atoms with Crippen LogP contribution < -0.4 is 14.8 Å². The van der Waals surface area contributed by atoms with E-state index >= 15 is 0 Å². The number of amides is 2. The minimum atomic E-state index is -0.676. The fourth-order valence-electron chi connectivity index (χ4n) is 4.12. The predicted octanol–water partition coefficient (Wildman–Crippen LogP) is 3.80. The number of nitrogens with one attached hydrogen (secondary N) is 1. The molecule has 0 atom stereocenters. The molecule has 34 heavy (non-hydrogen) atoms. The molecule has 3 heterocycles. The summed E-state index contributed by atoms with van der Waals surface area (Å²) in [6.07, 6.45) is 6.14. The molecule has 3 aliphatic rings. The molecule has 2 aromatic carbocycles. The number of carbonyl (C=O) groups excluding carboxylic acids is 2. The average Bonchev–Trinajstić information content (AvgIpc) is 2.79. The number of rotatable bonds is 5. The molecular formula is C25H23ClFN3O4. The fraction of sp³-hybridized carbons (Fsp3) is 0.280. The second-order valence-electron chi connectivity index (χ2n) is 8.61. The molecule has 0 saturated carbocycles. The van der Waals surface area contributed by atoms with E-state index in [1.807, 2.05) is 31.5 Å². The number of likely N-dealkylation sites (tertiary alicyclic amines) is 1. The van der Waals surface area contributed by atoms with Gasteiger partial charge in [0.25, 0.3) is 11.8 Å². The predicted molar refractivity (Wildman–Crippen MR) is 127 cm³/mol. The van der Waals surface area contributed by atoms with Gasteiger partial charge in [-0.05, 0) is 42.1 Å². The second kappa shape index (κ2) is 9.02. The zero-order chi connectivity index (χ0) is 23.8. The first kappa shape index (κ1) is 22.3. The molecule has 1 fully saturated rings. The summed E-state index contributed by atoms with van der Waals surface area (Å²) in [7, 11) is 2.00. The van der Waals surface area contributed by atoms with Crippen LogP contribution in [0.5, 0.6) is 11.5 Å². The SMILES string of the molecule is CN1C=CC(c2cc(Cl)ccc2OCC2CN(C(=O)c3cc4c(cc3F)OCC(=O)N4)C2)=CC1. The van der Waals surface area contributed by atoms with Crippen molar-refractivity contribution in [2.75, 3.05) is 45.2 Å². The summed E-state index contributed by atoms with van der Waals surface area (Å²) in [5.41, 5.74) is 2.17. The molecule has 0 radical (unpaired) electrons. The van der Waals surface area contributed by atoms with Crippen molar-refractivity contribution in [3.05, 3.63) is 70.7 Å². The van der Waals surface area contributed by atoms with Crippen molar-refractivity contribution in [1.82, 2.24) is 9.80 Å². The van der Waals surface area contributed by atoms with Crippen molar-refractivity contribution in [3.63, 3.8) is 0 Å². The monoisotopic (exact) mass is 483 g/mol. The van der Waals surface area contributed by atoms with Crippen LogP contribution in [0.3, 0.4) is 0 Å². The lowest BCUT2D eigenvalue weighted by atomic mass is 9.99. The van der Waals surface area contributed by atoms with Crippen molar-refractivity contribution >= 4 is 34.7 Å². The molecule has 1 saturated heterocycles. The van der Waals surface area contributed by atoms with Gasteiger partial charge in [-0.1, -0.05) is 17.7 Å². The standard InChI is InChI=1S/C25H23ClFN3O4/c1-29-6-4-16(5-7-29)18-8-17(26)2-3-22(18)33-13-15-11-30(12-15)25(32)19-9-21-23(10-20(19)27)34-14-24(31)28-21/h2-6,8-10,15H,7,11-14H2,1H3,(H,28,31). The van der Waals surface area contributed by atoms with Crippen LogP contribution in [0.1, 0.15) is 15.9 Å². The maximum absolute atomic E-state index is 14.5. The number of carbonyl (C=O) groups is 2. The maximum atomic E-state index is 14.5. The highest BCUT2D eigenvalue weighted by molar-refractivity contribution is 6.30. The molecule has 7 nitrogen and oxygen atoms in total. The highest BCUT2D eigenvalue weighted by atomic mass is 35.5. The Bertz CT molecular complexity index is 1220. The van der Waals surface area contributed by atoms with E-state index in [1.165, 1.54) is 6.07 Å². The number of nitrogens with zero attached hydrogens (tertiary/aromatic N) is 2. The third kappa shape index (κ3) is 4.46. The van der Waals surface area contributed by atoms with Gasteiger partial charge in [0.1, 0.15) is 17.3 Å². The lowest BCUT2D eigenvalue weighted by Crippen LogP contribution is -2.52. The Labute approximate surface area is 201 Å². The Morgan fingerprint density at radius 1 is 1.29 bits per heavy atom. The summed E-state index contributed by atoms with van der Waals surface area (Å²) in [6.45, 7) is 1.95. The molecule has 1 N–H and O–H groups in total. The maximum Gasteiger partial charge on any atom is 0.262 e. The summed E-state index contributed by atoms with van der Waals surface area (Å²) in [5.74, 6) is -0.372. The molecule has 0 aromatic heterocycles. The molecule has 9 heteroatoms. The number of hydrogen-bond acceptors (Lipinski definition) is 5. The number of benzene rings is 2. The summed E-state index contributed by atoms with van der Waals surface area (Å²) in [4.78, 5) is 28.0. The molecule has 0 unspecified atom stereocenters. The molecule has 2 aromatic rings. The van der Waals surface area contributed by atoms with Gasteiger partial charge in [0.05, 0.1) is 17.9 Å². The van der Waals surface area contributed by atoms with Crippen LogP contribution >= 0.6 is 11.6 Å². The van der Waals surface area contributed by atoms with E-state index in [9.17, 15) is 14.0 Å². The van der Waals surface area contributed by atoms with Gasteiger partial charge in [-0.25, -0.2) is 4.39 Å². The minimum absolute atomic E-state index is 0.0927. The van der Waals surface area contributed by atoms with Gasteiger partial charge in [-0.15, -0.1) is 0 Å². The number of anilines is 1. The number of hydrogen-bond donors (Lipinski definition) is 1. The van der Waals surface area contributed by atoms with Crippen molar-refractivity contribution in [1.29, 1.82) is 0 Å². The minimum Gasteiger partial charge on any atom is -0.493 e. The molecule has 176 valence electrons. The quantitative estimate of drug-likeness (QED) is 0.700. The first-order valence-corrected chi connectivity index (χ1v) is 11.3. The number of halogens is 2. The van der Waals surface area contributed by atoms with Gasteiger partial charge in [-0.3, -0.25) is 9.59 Å². The van der Waals surface area contributed by atoms with Crippen molar-refractivity contribution in [2.45, 2.75) is 0 Å². The van der Waals surface area contributed by atoms with Crippen LogP contribution in [-0.2, 0) is 4.79 Å². The van der Waals surface area contributed by atoms with E-state index in [0.29, 0.717) is 30.4 Å². The van der Waals surface area contributed by atoms with E-state index in [4.69, 9.17) is 21.1 Å². The van der Waals surface area contributed by atoms with Gasteiger partial charge >= 0.3 is 0 Å². The Kier molecular flexibility index (Phi) is 5.91. The van der Waals surface area contributed by atoms with Crippen molar-refractivity contribution in [2.24, 2.45) is 5.92 Å². The third-order valence-corrected chi connectivity index (χ3v) is 6.25. The number of allylic oxidation sites excluding steroid dienone is 2. The molecule has 0 bridgehead atoms. The van der Waals surface area contributed by atoms with Crippen LogP contribution in [0.25, 0.3) is 5.57 Å². The van der Waals surface area contributed by atoms with Crippen molar-refractivity contribution < 1.29 is 23.5 Å². The summed E-state index contributed by atoms with van der Waals surface area (Å²) >= 11 is 6.22. The van der Waals surface area contributed by atoms with Gasteiger partial charge < -0.3 is 24.6 Å². The smallest absolute Gasteiger partial charge is 0.262 e. The second-order valence-corrected chi connectivity index (χ2v) is 9.04. The average molecular weight is 484 g/mol. The number of fused-ring (bicyclic) bond motifs is 1. The first-order chi connectivity index (χ1) is 16.4. The Morgan fingerprint density at radius 2 is 2.12 bits per heavy atom. The molecule has 3 aliphatic heterocycles. The van der Waals surface area contributed by atoms with Crippen LogP contribution in [0.15, 0.2) is 48.7 Å². The third-order valence-electron chi connectivity index (χ3n) is 6.01. The highest BCUT2D eigenvalue weighted by Gasteiger charge is 2.34. The molecule has 0 aliphatic carbocycles. The van der Waals surface area contributed by atoms with Crippen LogP contribution in [-0.4, -0.2) is 61.5 Å². The Balaban J connectivity index is 1.21. The largest absolute Gasteiger partial charge is 0.493 e. The van der Waals surface area contributed by atoms with Crippen LogP contribution in [0.4, 0.5) is 10.1 Å². The van der Waals surface area contributed by atoms with E-state index in [0.717, 1.165) is 29.5 Å². The van der Waals surface area contributed by atoms with E-state index in [1.54, 1.807) is 11.0 Å². The summed E-state index contributed by atoms with van der Waals surface area (Å²) < 4.78 is 25.8. The van der Waals surface area contributed by atoms with Gasteiger partial charge in [0.2, 0.25) is 0 Å². The van der Waals surface area contributed by atoms with E-state index in [2.05, 4.69) is 16.3 Å². The zero-order valence-electron chi connectivity index (χ0n) is 18.5. The zero-order valence-corrected chi connectivity index (χ0v) is 19.3. The summed E-state index contributed by atoms with van der Waals surface area (Å²) in [6, 6.07) is 7.99. The number of likely N-dealkylation sites (N-methyl/N-ethyl adjacent to an activating group) is 1. The Hall–Kier alpha value is -3.52. The van der Waals surface area contributed by atoms with Gasteiger partial charge in [0.15, 0.2) is 6.61 Å². The fourth-order valence-corrected chi connectivity index (χ4v) is 4.29. The van der Waals surface area contributed by atoms with Crippen LogP contribution in [0.2, 0.25) is 5.02 Å². The van der Waals surface area contributed by atoms with E-state index in [-0.39, 0.29) is 29.7 Å². The molecule has 5 rings (SSSR count). The van der Waals surface area contributed by atoms with Gasteiger partial charge in [-0.2, -0.15) is 0 Å². The lowest BCUT2D eigenvalue weighted by Gasteiger charge is -2.39. The van der Waals surface area contributed by atoms with Crippen LogP contribution in [0, 0.1) is 11.7 Å². The molecular weight excluding hydrogens is 461 g/mol. The highest BCUT2D eigenvalue weighted by Crippen LogP contribution is 2.34. The summed E-state index contributed by atoms with van der Waals surface area (Å²) in [5, 5.41) is 3.23. The molecule has 0 spiro atoms. The normalized spacial score (nSPS) is 17.4. The molecule has 2 amide bonds. The topological polar surface area (TPSA) is 71.1 Å². The van der Waals surface area contributed by atoms with Gasteiger partial charge in [0, 0.05) is 49.3 Å². The number of ether oxygens (including phenoxy) is 2.